The van der Waals surface area contributed by atoms with Crippen LogP contribution in [-0.2, 0) is 241 Å². The van der Waals surface area contributed by atoms with Gasteiger partial charge in [-0.05, 0) is 175 Å². The highest BCUT2D eigenvalue weighted by Gasteiger charge is 2.44. The number of carboxylic acid groups (broad SMARTS) is 1. The van der Waals surface area contributed by atoms with E-state index in [-0.39, 0.29) is 271 Å². The molecule has 0 heterocycles. The Morgan fingerprint density at radius 1 is 0.277 bits per heavy atom. The molecule has 0 radical (unpaired) electrons. The van der Waals surface area contributed by atoms with Crippen molar-refractivity contribution in [3.05, 3.63) is 129 Å². The lowest BCUT2D eigenvalue weighted by Crippen LogP contribution is -2.33. The molecule has 1 unspecified atom stereocenters. The predicted octanol–water partition coefficient (Wildman–Crippen LogP) is 12.3. The number of halogens is 1. The van der Waals surface area contributed by atoms with E-state index in [0.717, 1.165) is 64.4 Å². The normalized spacial score (nSPS) is 13.6. The number of nitrogens with one attached hydrogen (secondary N) is 1. The van der Waals surface area contributed by atoms with Gasteiger partial charge in [0.1, 0.15) is 270 Å². The molecule has 0 spiro atoms. The lowest BCUT2D eigenvalue weighted by atomic mass is 9.71. The zero-order valence-electron chi connectivity index (χ0n) is 85.6. The lowest BCUT2D eigenvalue weighted by molar-refractivity contribution is -0.379. The number of amides is 1. The minimum Gasteiger partial charge on any atom is -0.481 e. The second-order valence-electron chi connectivity index (χ2n) is 32.5. The molecule has 148 heavy (non-hydrogen) atoms. The van der Waals surface area contributed by atoms with Crippen molar-refractivity contribution in [3.63, 3.8) is 0 Å². The molecule has 0 saturated carbocycles. The first-order valence-electron chi connectivity index (χ1n) is 49.3. The van der Waals surface area contributed by atoms with Crippen LogP contribution < -0.4 is 5.32 Å². The Balaban J connectivity index is 0.759. The maximum absolute atomic E-state index is 12.8. The summed E-state index contributed by atoms with van der Waals surface area (Å²) in [5.74, 6) is -0.799. The van der Waals surface area contributed by atoms with Gasteiger partial charge in [0.05, 0.1) is 26.4 Å². The van der Waals surface area contributed by atoms with Crippen LogP contribution in [-0.4, -0.2) is 347 Å². The third-order valence-electron chi connectivity index (χ3n) is 20.4. The second kappa shape index (κ2) is 85.9. The highest BCUT2D eigenvalue weighted by atomic mass is 79.9. The number of carboxylic acids is 1. The molecule has 1 atom stereocenters. The Hall–Kier alpha value is -6.44. The Kier molecular flexibility index (Phi) is 74.5. The average Bonchev–Trinajstić information content (AvgIpc) is 1.56. The van der Waals surface area contributed by atoms with Crippen molar-refractivity contribution >= 4 is 28.0 Å². The van der Waals surface area contributed by atoms with Crippen LogP contribution >= 0.6 is 15.9 Å². The summed E-state index contributed by atoms with van der Waals surface area (Å²) in [7, 11) is 3.13. The molecule has 50 heteroatoms. The molecular formula is C98H150BrNO48. The van der Waals surface area contributed by atoms with Crippen molar-refractivity contribution in [1.82, 2.24) is 5.32 Å². The molecule has 2 N–H and O–H groups in total. The van der Waals surface area contributed by atoms with E-state index in [2.05, 4.69) is 125 Å². The number of fused-ring (bicyclic) bond motifs is 6. The number of aliphatic carboxylic acids is 1. The number of hydrogen-bond donors (Lipinski definition) is 2. The molecule has 0 fully saturated rings. The van der Waals surface area contributed by atoms with Crippen LogP contribution in [0, 0.1) is 0 Å². The van der Waals surface area contributed by atoms with Crippen LogP contribution in [0.15, 0.2) is 102 Å². The smallest absolute Gasteiger partial charge is 0.407 e. The number of ether oxygens (including phenoxy) is 5. The molecule has 5 aromatic carbocycles. The van der Waals surface area contributed by atoms with E-state index in [4.69, 9.17) is 219 Å². The maximum atomic E-state index is 12.8. The van der Waals surface area contributed by atoms with E-state index in [0.29, 0.717) is 71.9 Å². The molecular weight excluding hydrogens is 2040 g/mol. The summed E-state index contributed by atoms with van der Waals surface area (Å²) in [5.41, 5.74) is 13.6. The van der Waals surface area contributed by atoms with Crippen molar-refractivity contribution in [3.8, 4) is 44.5 Å². The van der Waals surface area contributed by atoms with Crippen LogP contribution in [0.1, 0.15) is 113 Å². The number of alkyl carbamates (subject to hydrolysis) is 1. The van der Waals surface area contributed by atoms with Gasteiger partial charge >= 0.3 is 12.1 Å². The summed E-state index contributed by atoms with van der Waals surface area (Å²) < 4.78 is 28.6. The molecule has 2 aliphatic carbocycles. The molecule has 2 aliphatic rings. The Labute approximate surface area is 870 Å². The third kappa shape index (κ3) is 58.7. The van der Waals surface area contributed by atoms with Gasteiger partial charge in [0.2, 0.25) is 0 Å². The fourth-order valence-corrected chi connectivity index (χ4v) is 14.5. The number of benzene rings is 5. The van der Waals surface area contributed by atoms with Gasteiger partial charge in [-0.1, -0.05) is 96.0 Å². The Bertz CT molecular complexity index is 3980. The standard InChI is InChI=1S/C98H150BrNO48/c1-96(2,3)148-95(103)100-29-8-7-26-97(4)90-76-82(81-16-14-80(15-17-81)12-9-13-94(101)102)18-22-86(90)87-23-19-83(77-91(87)97)84-20-24-88-89-25-21-85(99)79-93(89)98(92(88)78-84,27-10-30-106-34-38-110-114-42-46-118-122-50-54-126-130-58-62-134-138-66-70-142-146-74-72-144-140-68-64-136-132-60-56-128-124-52-48-120-116-44-40-112-108-36-32-104-5)28-11-31-107-35-39-111-115-43-47-119-123-51-55-127-131-59-63-135-139-67-71-143-147-75-73-145-141-69-65-137-133-61-57-129-125-53-49-121-117-45-41-113-109-37-33-105-6/h14-25,76-79H,7-13,26-75H2,1-6H3,(H,100,103)(H,101,102). The quantitative estimate of drug-likeness (QED) is 0.0207. The number of hydrogen-bond acceptors (Lipinski definition) is 47. The predicted molar refractivity (Wildman–Crippen MR) is 514 cm³/mol. The van der Waals surface area contributed by atoms with Gasteiger partial charge < -0.3 is 34.1 Å². The maximum Gasteiger partial charge on any atom is 0.407 e. The van der Waals surface area contributed by atoms with Gasteiger partial charge in [-0.3, -0.25) is 4.79 Å². The van der Waals surface area contributed by atoms with Crippen LogP contribution in [0.4, 0.5) is 4.79 Å². The second-order valence-corrected chi connectivity index (χ2v) is 33.4. The lowest BCUT2D eigenvalue weighted by Gasteiger charge is -2.33. The average molecular weight is 2190 g/mol. The van der Waals surface area contributed by atoms with E-state index in [9.17, 15) is 14.7 Å². The van der Waals surface area contributed by atoms with E-state index >= 15 is 0 Å². The largest absolute Gasteiger partial charge is 0.481 e. The molecule has 842 valence electrons. The van der Waals surface area contributed by atoms with Gasteiger partial charge in [-0.15, -0.1) is 0 Å². The van der Waals surface area contributed by atoms with Crippen LogP contribution in [0.3, 0.4) is 0 Å². The highest BCUT2D eigenvalue weighted by molar-refractivity contribution is 9.10. The Morgan fingerprint density at radius 3 is 0.797 bits per heavy atom. The molecule has 0 aliphatic heterocycles. The van der Waals surface area contributed by atoms with Crippen molar-refractivity contribution in [2.75, 3.05) is 325 Å². The molecule has 0 aromatic heterocycles. The topological polar surface area (TPSA) is 482 Å². The van der Waals surface area contributed by atoms with Crippen LogP contribution in [0.5, 0.6) is 0 Å². The number of rotatable bonds is 105. The SMILES string of the molecule is COCCOOCCOOCCOOCCOOCCOOCCOOCCOOCCOOCCOOCCOOCCOCCCC1(CCCOCCOOCCOOCCOOCCOOCCOOCCOOCCOOCCOOCCOOCCOOCCOC)c2cc(Br)ccc2-c2ccc(-c3ccc4c(c3)C(C)(CCCCNC(=O)OC(C)(C)C)c3cc(-c5ccc(CCCC(=O)O)cc5)ccc3-4)cc21. The summed E-state index contributed by atoms with van der Waals surface area (Å²) in [4.78, 5) is 225. The molecule has 5 aromatic rings. The Morgan fingerprint density at radius 2 is 0.520 bits per heavy atom. The van der Waals surface area contributed by atoms with Crippen molar-refractivity contribution < 1.29 is 234 Å². The first kappa shape index (κ1) is 128. The van der Waals surface area contributed by atoms with E-state index < -0.39 is 28.5 Å². The zero-order valence-corrected chi connectivity index (χ0v) is 87.1. The monoisotopic (exact) mass is 2190 g/mol. The van der Waals surface area contributed by atoms with Gasteiger partial charge in [0.25, 0.3) is 0 Å². The number of aryl methyl sites for hydroxylation is 1. The van der Waals surface area contributed by atoms with Crippen LogP contribution in [0.25, 0.3) is 44.5 Å². The zero-order chi connectivity index (χ0) is 105. The first-order valence-corrected chi connectivity index (χ1v) is 50.1. The molecule has 49 nitrogen and oxygen atoms in total. The minimum absolute atomic E-state index is 0.0724. The molecule has 1 amide bonds. The van der Waals surface area contributed by atoms with Gasteiger partial charge in [-0.25, -0.2) is 200 Å². The van der Waals surface area contributed by atoms with Gasteiger partial charge in [-0.2, -0.15) is 0 Å². The summed E-state index contributed by atoms with van der Waals surface area (Å²) in [6, 6.07) is 35.6. The molecule has 0 bridgehead atoms. The minimum atomic E-state index is -0.799. The van der Waals surface area contributed by atoms with E-state index in [1.807, 2.05) is 20.8 Å². The van der Waals surface area contributed by atoms with Crippen molar-refractivity contribution in [1.29, 1.82) is 0 Å². The summed E-state index contributed by atoms with van der Waals surface area (Å²) >= 11 is 3.86. The van der Waals surface area contributed by atoms with Gasteiger partial charge in [0, 0.05) is 55.7 Å². The van der Waals surface area contributed by atoms with Crippen molar-refractivity contribution in [2.45, 2.75) is 108 Å². The highest BCUT2D eigenvalue weighted by Crippen LogP contribution is 2.57. The van der Waals surface area contributed by atoms with Gasteiger partial charge in [0.15, 0.2) is 0 Å². The van der Waals surface area contributed by atoms with E-state index in [1.165, 1.54) is 44.5 Å². The molecule has 7 rings (SSSR count). The van der Waals surface area contributed by atoms with E-state index in [1.54, 1.807) is 14.2 Å². The summed E-state index contributed by atoms with van der Waals surface area (Å²) in [6.45, 7) is 15.4. The third-order valence-corrected chi connectivity index (χ3v) is 20.9. The number of carbonyl (C=O) groups is 2. The van der Waals surface area contributed by atoms with Crippen molar-refractivity contribution in [2.24, 2.45) is 0 Å². The summed E-state index contributed by atoms with van der Waals surface area (Å²) in [5, 5.41) is 12.2. The fraction of sp³-hybridized carbons (Fsp3) is 0.673. The number of methoxy groups -OCH3 is 2. The fourth-order valence-electron chi connectivity index (χ4n) is 14.1. The summed E-state index contributed by atoms with van der Waals surface area (Å²) in [6.07, 6.45) is 6.25. The molecule has 0 saturated heterocycles. The number of unbranched alkanes of at least 4 members (excludes halogenated alkanes) is 1. The van der Waals surface area contributed by atoms with Crippen LogP contribution in [0.2, 0.25) is 0 Å². The first-order chi connectivity index (χ1) is 72.8. The number of carbonyl (C=O) groups excluding carboxylic acids is 1.